The van der Waals surface area contributed by atoms with E-state index in [0.29, 0.717) is 0 Å². The largest absolute Gasteiger partial charge is 0.396 e. The molecule has 0 amide bonds. The van der Waals surface area contributed by atoms with E-state index >= 15 is 0 Å². The van der Waals surface area contributed by atoms with Crippen LogP contribution < -0.4 is 5.73 Å². The summed E-state index contributed by atoms with van der Waals surface area (Å²) in [7, 11) is -3.80. The summed E-state index contributed by atoms with van der Waals surface area (Å²) >= 11 is 3.00. The number of likely N-dealkylation sites (N-methyl/N-ethyl adjacent to an activating group) is 1. The van der Waals surface area contributed by atoms with Gasteiger partial charge in [-0.2, -0.15) is 4.31 Å². The molecule has 5 nitrogen and oxygen atoms in total. The molecular weight excluding hydrogens is 327 g/mol. The van der Waals surface area contributed by atoms with Crippen LogP contribution in [-0.4, -0.2) is 37.5 Å². The van der Waals surface area contributed by atoms with Crippen LogP contribution in [0, 0.1) is 5.82 Å². The van der Waals surface area contributed by atoms with Crippen LogP contribution in [0.5, 0.6) is 0 Å². The van der Waals surface area contributed by atoms with E-state index in [4.69, 9.17) is 10.8 Å². The van der Waals surface area contributed by atoms with Gasteiger partial charge in [0.2, 0.25) is 10.0 Å². The van der Waals surface area contributed by atoms with Crippen LogP contribution in [0.15, 0.2) is 21.5 Å². The fourth-order valence-electron chi connectivity index (χ4n) is 1.44. The van der Waals surface area contributed by atoms with Gasteiger partial charge in [-0.05, 0) is 28.1 Å². The molecule has 0 aliphatic rings. The standard InChI is InChI=1S/C10H14BrFN2O3S/c1-2-14(3-4-15)18(16,17)10-6-9(13)8(12)5-7(10)11/h5-6,15H,2-4,13H2,1H3. The Hall–Kier alpha value is -0.700. The van der Waals surface area contributed by atoms with Gasteiger partial charge >= 0.3 is 0 Å². The summed E-state index contributed by atoms with van der Waals surface area (Å²) in [5.74, 6) is -0.689. The molecule has 0 bridgehead atoms. The van der Waals surface area contributed by atoms with Gasteiger partial charge in [0.25, 0.3) is 0 Å². The molecule has 3 N–H and O–H groups in total. The normalized spacial score (nSPS) is 12.1. The Labute approximate surface area is 114 Å². The highest BCUT2D eigenvalue weighted by molar-refractivity contribution is 9.10. The quantitative estimate of drug-likeness (QED) is 0.788. The number of nitrogens with zero attached hydrogens (tertiary/aromatic N) is 1. The molecule has 0 aliphatic heterocycles. The van der Waals surface area contributed by atoms with Crippen molar-refractivity contribution in [3.8, 4) is 0 Å². The van der Waals surface area contributed by atoms with Crippen molar-refractivity contribution in [3.05, 3.63) is 22.4 Å². The molecule has 0 saturated carbocycles. The number of nitrogen functional groups attached to an aromatic ring is 1. The number of anilines is 1. The number of halogens is 2. The number of hydrogen-bond acceptors (Lipinski definition) is 4. The van der Waals surface area contributed by atoms with Crippen molar-refractivity contribution in [2.24, 2.45) is 0 Å². The Kier molecular flexibility index (Phi) is 5.09. The van der Waals surface area contributed by atoms with E-state index in [1.165, 1.54) is 0 Å². The van der Waals surface area contributed by atoms with Crippen LogP contribution in [0.2, 0.25) is 0 Å². The second-order valence-electron chi connectivity index (χ2n) is 3.52. The third kappa shape index (κ3) is 3.00. The molecule has 1 rings (SSSR count). The molecule has 18 heavy (non-hydrogen) atoms. The molecule has 0 aromatic heterocycles. The minimum Gasteiger partial charge on any atom is -0.396 e. The van der Waals surface area contributed by atoms with Crippen LogP contribution in [-0.2, 0) is 10.0 Å². The average molecular weight is 341 g/mol. The van der Waals surface area contributed by atoms with Crippen LogP contribution in [0.3, 0.4) is 0 Å². The predicted octanol–water partition coefficient (Wildman–Crippen LogP) is 1.17. The minimum absolute atomic E-state index is 0.0252. The van der Waals surface area contributed by atoms with E-state index in [0.717, 1.165) is 16.4 Å². The Bertz CT molecular complexity index is 536. The van der Waals surface area contributed by atoms with Gasteiger partial charge in [-0.3, -0.25) is 0 Å². The van der Waals surface area contributed by atoms with Crippen LogP contribution >= 0.6 is 15.9 Å². The zero-order valence-electron chi connectivity index (χ0n) is 9.73. The maximum absolute atomic E-state index is 13.2. The molecule has 1 aromatic carbocycles. The number of sulfonamides is 1. The van der Waals surface area contributed by atoms with Crippen molar-refractivity contribution >= 4 is 31.6 Å². The molecule has 0 atom stereocenters. The molecule has 0 heterocycles. The smallest absolute Gasteiger partial charge is 0.244 e. The fourth-order valence-corrected chi connectivity index (χ4v) is 3.89. The molecule has 0 aliphatic carbocycles. The molecule has 1 aromatic rings. The SMILES string of the molecule is CCN(CCO)S(=O)(=O)c1cc(N)c(F)cc1Br. The first kappa shape index (κ1) is 15.4. The number of benzene rings is 1. The molecule has 8 heteroatoms. The number of aliphatic hydroxyl groups is 1. The highest BCUT2D eigenvalue weighted by Gasteiger charge is 2.26. The molecule has 0 fully saturated rings. The lowest BCUT2D eigenvalue weighted by Crippen LogP contribution is -2.33. The molecule has 0 unspecified atom stereocenters. The first-order chi connectivity index (χ1) is 8.34. The average Bonchev–Trinajstić information content (AvgIpc) is 2.30. The zero-order chi connectivity index (χ0) is 13.9. The fraction of sp³-hybridized carbons (Fsp3) is 0.400. The Morgan fingerprint density at radius 2 is 2.11 bits per heavy atom. The minimum atomic E-state index is -3.80. The van der Waals surface area contributed by atoms with E-state index < -0.39 is 15.8 Å². The maximum Gasteiger partial charge on any atom is 0.244 e. The molecular formula is C10H14BrFN2O3S. The summed E-state index contributed by atoms with van der Waals surface area (Å²) in [4.78, 5) is -0.114. The predicted molar refractivity (Wildman–Crippen MR) is 70.0 cm³/mol. The van der Waals surface area contributed by atoms with Gasteiger partial charge in [-0.15, -0.1) is 0 Å². The van der Waals surface area contributed by atoms with Crippen molar-refractivity contribution in [2.75, 3.05) is 25.4 Å². The van der Waals surface area contributed by atoms with Crippen molar-refractivity contribution < 1.29 is 17.9 Å². The lowest BCUT2D eigenvalue weighted by atomic mass is 10.3. The molecule has 0 saturated heterocycles. The Balaban J connectivity index is 3.32. The summed E-state index contributed by atoms with van der Waals surface area (Å²) in [5.41, 5.74) is 5.13. The number of rotatable bonds is 5. The van der Waals surface area contributed by atoms with Crippen molar-refractivity contribution in [2.45, 2.75) is 11.8 Å². The molecule has 0 radical (unpaired) electrons. The number of nitrogens with two attached hydrogens (primary N) is 1. The van der Waals surface area contributed by atoms with E-state index in [-0.39, 0.29) is 34.8 Å². The van der Waals surface area contributed by atoms with E-state index in [2.05, 4.69) is 15.9 Å². The third-order valence-electron chi connectivity index (χ3n) is 2.37. The van der Waals surface area contributed by atoms with E-state index in [1.54, 1.807) is 6.92 Å². The number of hydrogen-bond donors (Lipinski definition) is 2. The first-order valence-corrected chi connectivity index (χ1v) is 7.43. The molecule has 0 spiro atoms. The van der Waals surface area contributed by atoms with Gasteiger partial charge in [0.05, 0.1) is 17.2 Å². The highest BCUT2D eigenvalue weighted by atomic mass is 79.9. The first-order valence-electron chi connectivity index (χ1n) is 5.20. The van der Waals surface area contributed by atoms with Gasteiger partial charge < -0.3 is 10.8 Å². The summed E-state index contributed by atoms with van der Waals surface area (Å²) in [6.07, 6.45) is 0. The summed E-state index contributed by atoms with van der Waals surface area (Å²) < 4.78 is 38.9. The third-order valence-corrected chi connectivity index (χ3v) is 5.30. The van der Waals surface area contributed by atoms with Crippen molar-refractivity contribution in [3.63, 3.8) is 0 Å². The van der Waals surface area contributed by atoms with Gasteiger partial charge in [0, 0.05) is 17.6 Å². The maximum atomic E-state index is 13.2. The second-order valence-corrected chi connectivity index (χ2v) is 6.29. The Morgan fingerprint density at radius 1 is 1.50 bits per heavy atom. The summed E-state index contributed by atoms with van der Waals surface area (Å²) in [6, 6.07) is 2.07. The lowest BCUT2D eigenvalue weighted by Gasteiger charge is -2.20. The van der Waals surface area contributed by atoms with Crippen LogP contribution in [0.25, 0.3) is 0 Å². The van der Waals surface area contributed by atoms with Gasteiger partial charge in [-0.1, -0.05) is 6.92 Å². The van der Waals surface area contributed by atoms with Gasteiger partial charge in [-0.25, -0.2) is 12.8 Å². The summed E-state index contributed by atoms with van der Waals surface area (Å²) in [5, 5.41) is 8.84. The number of aliphatic hydroxyl groups excluding tert-OH is 1. The van der Waals surface area contributed by atoms with Crippen molar-refractivity contribution in [1.29, 1.82) is 0 Å². The zero-order valence-corrected chi connectivity index (χ0v) is 12.1. The monoisotopic (exact) mass is 340 g/mol. The Morgan fingerprint density at radius 3 is 2.61 bits per heavy atom. The van der Waals surface area contributed by atoms with Crippen LogP contribution in [0.1, 0.15) is 6.92 Å². The topological polar surface area (TPSA) is 83.6 Å². The molecule has 102 valence electrons. The van der Waals surface area contributed by atoms with Crippen LogP contribution in [0.4, 0.5) is 10.1 Å². The highest BCUT2D eigenvalue weighted by Crippen LogP contribution is 2.28. The lowest BCUT2D eigenvalue weighted by molar-refractivity contribution is 0.257. The second kappa shape index (κ2) is 5.96. The summed E-state index contributed by atoms with van der Waals surface area (Å²) in [6.45, 7) is 1.53. The van der Waals surface area contributed by atoms with Gasteiger partial charge in [0.15, 0.2) is 0 Å². The van der Waals surface area contributed by atoms with Crippen molar-refractivity contribution in [1.82, 2.24) is 4.31 Å². The van der Waals surface area contributed by atoms with E-state index in [9.17, 15) is 12.8 Å². The van der Waals surface area contributed by atoms with E-state index in [1.807, 2.05) is 0 Å². The van der Waals surface area contributed by atoms with Gasteiger partial charge in [0.1, 0.15) is 5.82 Å².